The van der Waals surface area contributed by atoms with Crippen molar-refractivity contribution in [3.8, 4) is 0 Å². The highest BCUT2D eigenvalue weighted by Crippen LogP contribution is 2.66. The number of aliphatic hydroxyl groups is 1. The Bertz CT molecular complexity index is 621. The van der Waals surface area contributed by atoms with E-state index >= 15 is 0 Å². The fraction of sp³-hybridized carbons (Fsp3) is 0.810. The minimum atomic E-state index is -0.820. The van der Waals surface area contributed by atoms with Crippen molar-refractivity contribution >= 4 is 11.6 Å². The molecule has 0 radical (unpaired) electrons. The van der Waals surface area contributed by atoms with Crippen LogP contribution in [0.1, 0.15) is 65.7 Å². The number of carbonyl (C=O) groups is 2. The summed E-state index contributed by atoms with van der Waals surface area (Å²) >= 11 is 0. The lowest BCUT2D eigenvalue weighted by molar-refractivity contribution is -0.132. The van der Waals surface area contributed by atoms with Crippen molar-refractivity contribution in [3.05, 3.63) is 11.6 Å². The Morgan fingerprint density at radius 3 is 2.62 bits per heavy atom. The van der Waals surface area contributed by atoms with Crippen LogP contribution in [0.2, 0.25) is 0 Å². The molecule has 24 heavy (non-hydrogen) atoms. The zero-order chi connectivity index (χ0) is 17.3. The fourth-order valence-electron chi connectivity index (χ4n) is 7.28. The Balaban J connectivity index is 1.68. The summed E-state index contributed by atoms with van der Waals surface area (Å²) in [4.78, 5) is 24.1. The smallest absolute Gasteiger partial charge is 0.184 e. The highest BCUT2D eigenvalue weighted by Gasteiger charge is 2.60. The summed E-state index contributed by atoms with van der Waals surface area (Å²) in [5.41, 5.74) is 1.43. The van der Waals surface area contributed by atoms with Crippen LogP contribution in [0.15, 0.2) is 11.6 Å². The molecular weight excluding hydrogens is 300 g/mol. The number of hydrogen-bond acceptors (Lipinski definition) is 3. The second kappa shape index (κ2) is 5.27. The average Bonchev–Trinajstić information content (AvgIpc) is 2.86. The number of carbonyl (C=O) groups excluding carboxylic acids is 2. The number of rotatable bonds is 1. The van der Waals surface area contributed by atoms with Crippen LogP contribution in [0, 0.1) is 34.5 Å². The molecule has 0 aromatic carbocycles. The third-order valence-electron chi connectivity index (χ3n) is 8.49. The first-order valence-corrected chi connectivity index (χ1v) is 9.71. The summed E-state index contributed by atoms with van der Waals surface area (Å²) in [5, 5.41) is 10.2. The van der Waals surface area contributed by atoms with E-state index in [1.165, 1.54) is 12.0 Å². The fourth-order valence-corrected chi connectivity index (χ4v) is 7.28. The summed E-state index contributed by atoms with van der Waals surface area (Å²) in [6.45, 7) is 6.42. The van der Waals surface area contributed by atoms with E-state index in [0.29, 0.717) is 30.0 Å². The third kappa shape index (κ3) is 2.06. The van der Waals surface area contributed by atoms with Crippen LogP contribution in [-0.4, -0.2) is 22.8 Å². The molecule has 3 heteroatoms. The minimum absolute atomic E-state index is 0.0219. The van der Waals surface area contributed by atoms with Gasteiger partial charge in [-0.25, -0.2) is 0 Å². The molecule has 0 aromatic heterocycles. The van der Waals surface area contributed by atoms with E-state index in [0.717, 1.165) is 32.1 Å². The number of hydrogen-bond donors (Lipinski definition) is 1. The Labute approximate surface area is 144 Å². The normalized spacial score (nSPS) is 50.6. The molecule has 0 aromatic rings. The van der Waals surface area contributed by atoms with Gasteiger partial charge in [0.2, 0.25) is 0 Å². The van der Waals surface area contributed by atoms with Crippen LogP contribution in [-0.2, 0) is 9.59 Å². The van der Waals surface area contributed by atoms with Crippen molar-refractivity contribution in [2.24, 2.45) is 34.5 Å². The first-order valence-electron chi connectivity index (χ1n) is 9.71. The Morgan fingerprint density at radius 1 is 1.17 bits per heavy atom. The summed E-state index contributed by atoms with van der Waals surface area (Å²) in [6, 6.07) is 0. The zero-order valence-corrected chi connectivity index (χ0v) is 15.2. The lowest BCUT2D eigenvalue weighted by Gasteiger charge is -2.58. The van der Waals surface area contributed by atoms with Crippen molar-refractivity contribution < 1.29 is 14.7 Å². The predicted molar refractivity (Wildman–Crippen MR) is 92.3 cm³/mol. The van der Waals surface area contributed by atoms with E-state index in [1.54, 1.807) is 13.0 Å². The second-order valence-corrected chi connectivity index (χ2v) is 9.41. The average molecular weight is 330 g/mol. The topological polar surface area (TPSA) is 54.4 Å². The van der Waals surface area contributed by atoms with Crippen LogP contribution < -0.4 is 0 Å². The Kier molecular flexibility index (Phi) is 3.62. The zero-order valence-electron chi connectivity index (χ0n) is 15.2. The molecule has 4 aliphatic rings. The SMILES string of the molecule is CC(=O)[C@H]1CC[C@H]2[C@@H]3CCC4=CC(=O)[C@H](O)C[C@]4(C)[C@H]3CC[C@]12C. The molecule has 0 aliphatic heterocycles. The lowest BCUT2D eigenvalue weighted by atomic mass is 9.46. The maximum atomic E-state index is 12.2. The second-order valence-electron chi connectivity index (χ2n) is 9.41. The van der Waals surface area contributed by atoms with Gasteiger partial charge in [0.05, 0.1) is 0 Å². The van der Waals surface area contributed by atoms with Gasteiger partial charge in [0, 0.05) is 5.92 Å². The van der Waals surface area contributed by atoms with Crippen molar-refractivity contribution in [2.45, 2.75) is 71.8 Å². The maximum absolute atomic E-state index is 12.2. The molecule has 3 nitrogen and oxygen atoms in total. The van der Waals surface area contributed by atoms with Gasteiger partial charge >= 0.3 is 0 Å². The van der Waals surface area contributed by atoms with E-state index in [1.807, 2.05) is 0 Å². The molecule has 0 saturated heterocycles. The molecule has 4 aliphatic carbocycles. The molecule has 0 heterocycles. The lowest BCUT2D eigenvalue weighted by Crippen LogP contribution is -2.52. The molecule has 7 atom stereocenters. The highest BCUT2D eigenvalue weighted by atomic mass is 16.3. The van der Waals surface area contributed by atoms with Gasteiger partial charge in [-0.1, -0.05) is 19.4 Å². The molecule has 0 bridgehead atoms. The van der Waals surface area contributed by atoms with Crippen LogP contribution in [0.25, 0.3) is 0 Å². The van der Waals surface area contributed by atoms with Crippen molar-refractivity contribution in [2.75, 3.05) is 0 Å². The predicted octanol–water partition coefficient (Wildman–Crippen LogP) is 3.69. The van der Waals surface area contributed by atoms with E-state index in [9.17, 15) is 14.7 Å². The van der Waals surface area contributed by atoms with Crippen molar-refractivity contribution in [3.63, 3.8) is 0 Å². The van der Waals surface area contributed by atoms with Crippen molar-refractivity contribution in [1.82, 2.24) is 0 Å². The van der Waals surface area contributed by atoms with Crippen LogP contribution in [0.3, 0.4) is 0 Å². The molecule has 0 amide bonds. The number of allylic oxidation sites excluding steroid dienone is 1. The first-order chi connectivity index (χ1) is 11.3. The van der Waals surface area contributed by atoms with E-state index in [-0.39, 0.29) is 22.5 Å². The van der Waals surface area contributed by atoms with Gasteiger partial charge in [-0.15, -0.1) is 0 Å². The number of fused-ring (bicyclic) bond motifs is 5. The summed E-state index contributed by atoms with van der Waals surface area (Å²) in [7, 11) is 0. The Morgan fingerprint density at radius 2 is 1.92 bits per heavy atom. The molecule has 132 valence electrons. The Hall–Kier alpha value is -0.960. The quantitative estimate of drug-likeness (QED) is 0.797. The summed E-state index contributed by atoms with van der Waals surface area (Å²) in [5.74, 6) is 2.36. The van der Waals surface area contributed by atoms with Gasteiger partial charge in [0.1, 0.15) is 11.9 Å². The third-order valence-corrected chi connectivity index (χ3v) is 8.49. The first kappa shape index (κ1) is 16.5. The highest BCUT2D eigenvalue weighted by molar-refractivity contribution is 5.95. The van der Waals surface area contributed by atoms with Gasteiger partial charge in [-0.3, -0.25) is 9.59 Å². The molecule has 1 N–H and O–H groups in total. The summed E-state index contributed by atoms with van der Waals surface area (Å²) < 4.78 is 0. The van der Waals surface area contributed by atoms with Gasteiger partial charge in [-0.05, 0) is 86.5 Å². The monoisotopic (exact) mass is 330 g/mol. The van der Waals surface area contributed by atoms with Crippen LogP contribution in [0.5, 0.6) is 0 Å². The van der Waals surface area contributed by atoms with Crippen LogP contribution in [0.4, 0.5) is 0 Å². The van der Waals surface area contributed by atoms with E-state index < -0.39 is 6.10 Å². The molecule has 3 fully saturated rings. The number of ketones is 2. The minimum Gasteiger partial charge on any atom is -0.385 e. The van der Waals surface area contributed by atoms with Crippen LogP contribution >= 0.6 is 0 Å². The molecule has 0 unspecified atom stereocenters. The van der Waals surface area contributed by atoms with Crippen molar-refractivity contribution in [1.29, 1.82) is 0 Å². The van der Waals surface area contributed by atoms with Gasteiger partial charge in [-0.2, -0.15) is 0 Å². The molecule has 0 spiro atoms. The van der Waals surface area contributed by atoms with E-state index in [4.69, 9.17) is 0 Å². The van der Waals surface area contributed by atoms with E-state index in [2.05, 4.69) is 13.8 Å². The molecule has 3 saturated carbocycles. The molecule has 4 rings (SSSR count). The van der Waals surface area contributed by atoms with Gasteiger partial charge in [0.25, 0.3) is 0 Å². The standard InChI is InChI=1S/C21H30O3/c1-12(22)15-6-7-16-14-5-4-13-10-18(23)19(24)11-21(13,3)17(14)8-9-20(15,16)2/h10,14-17,19,24H,4-9,11H2,1-3H3/t14-,15+,16-,17-,19+,20+,21-/m0/s1. The van der Waals surface area contributed by atoms with Gasteiger partial charge in [0.15, 0.2) is 5.78 Å². The maximum Gasteiger partial charge on any atom is 0.184 e. The number of Topliss-reactive ketones (excluding diaryl/α,β-unsaturated/α-hetero) is 1. The largest absolute Gasteiger partial charge is 0.385 e. The summed E-state index contributed by atoms with van der Waals surface area (Å²) in [6.07, 6.45) is 8.17. The molecular formula is C21H30O3. The number of aliphatic hydroxyl groups excluding tert-OH is 1. The van der Waals surface area contributed by atoms with Gasteiger partial charge < -0.3 is 5.11 Å².